The molecule has 25 heavy (non-hydrogen) atoms. The third kappa shape index (κ3) is 3.61. The Morgan fingerprint density at radius 1 is 1.32 bits per heavy atom. The average molecular weight is 343 g/mol. The van der Waals surface area contributed by atoms with Gasteiger partial charge in [-0.25, -0.2) is 0 Å². The van der Waals surface area contributed by atoms with Crippen LogP contribution in [0.4, 0.5) is 0 Å². The molecule has 0 spiro atoms. The topological polar surface area (TPSA) is 69.2 Å². The smallest absolute Gasteiger partial charge is 0.123 e. The van der Waals surface area contributed by atoms with Crippen molar-refractivity contribution in [2.24, 2.45) is 21.1 Å². The molecule has 1 aromatic carbocycles. The van der Waals surface area contributed by atoms with E-state index in [9.17, 15) is 0 Å². The number of fused-ring (bicyclic) bond motifs is 1. The monoisotopic (exact) mass is 343 g/mol. The number of nitrogens with zero attached hydrogens (tertiary/aromatic N) is 2. The largest absolute Gasteiger partial charge is 0.496 e. The summed E-state index contributed by atoms with van der Waals surface area (Å²) in [5.74, 6) is 1.43. The lowest BCUT2D eigenvalue weighted by Crippen LogP contribution is -2.33. The average Bonchev–Trinajstić information content (AvgIpc) is 2.59. The number of amidine groups is 1. The van der Waals surface area contributed by atoms with Gasteiger partial charge in [0.25, 0.3) is 0 Å². The Morgan fingerprint density at radius 3 is 2.60 bits per heavy atom. The molecule has 0 aromatic heterocycles. The number of rotatable bonds is 7. The highest BCUT2D eigenvalue weighted by Gasteiger charge is 2.36. The quantitative estimate of drug-likeness (QED) is 0.469. The van der Waals surface area contributed by atoms with Crippen LogP contribution >= 0.6 is 0 Å². The van der Waals surface area contributed by atoms with Crippen molar-refractivity contribution in [2.75, 3.05) is 27.9 Å². The summed E-state index contributed by atoms with van der Waals surface area (Å²) in [5.41, 5.74) is 11.4. The van der Waals surface area contributed by atoms with Crippen LogP contribution in [-0.4, -0.2) is 40.4 Å². The number of benzene rings is 1. The van der Waals surface area contributed by atoms with Crippen LogP contribution in [0.25, 0.3) is 5.70 Å². The normalized spacial score (nSPS) is 16.6. The number of nitrogens with two attached hydrogens (primary N) is 1. The number of methoxy groups -OCH3 is 2. The van der Waals surface area contributed by atoms with Gasteiger partial charge >= 0.3 is 0 Å². The van der Waals surface area contributed by atoms with E-state index in [4.69, 9.17) is 15.2 Å². The minimum Gasteiger partial charge on any atom is -0.496 e. The molecular formula is C20H29N3O2. The molecule has 2 rings (SSSR count). The zero-order valence-electron chi connectivity index (χ0n) is 16.0. The fourth-order valence-electron chi connectivity index (χ4n) is 3.68. The van der Waals surface area contributed by atoms with Crippen LogP contribution in [0.15, 0.2) is 27.7 Å². The van der Waals surface area contributed by atoms with E-state index in [0.29, 0.717) is 5.84 Å². The lowest BCUT2D eigenvalue weighted by Gasteiger charge is -2.36. The van der Waals surface area contributed by atoms with Crippen LogP contribution in [-0.2, 0) is 17.6 Å². The summed E-state index contributed by atoms with van der Waals surface area (Å²) in [7, 11) is 5.15. The summed E-state index contributed by atoms with van der Waals surface area (Å²) in [6.45, 7) is 8.86. The van der Waals surface area contributed by atoms with Crippen molar-refractivity contribution in [3.05, 3.63) is 34.4 Å². The lowest BCUT2D eigenvalue weighted by atomic mass is 9.70. The first-order chi connectivity index (χ1) is 11.9. The van der Waals surface area contributed by atoms with Gasteiger partial charge in [-0.05, 0) is 54.7 Å². The van der Waals surface area contributed by atoms with Gasteiger partial charge in [0.05, 0.1) is 12.8 Å². The fourth-order valence-corrected chi connectivity index (χ4v) is 3.68. The van der Waals surface area contributed by atoms with E-state index in [-0.39, 0.29) is 5.41 Å². The molecule has 5 heteroatoms. The lowest BCUT2D eigenvalue weighted by molar-refractivity contribution is 0.195. The Bertz CT molecular complexity index is 718. The third-order valence-corrected chi connectivity index (χ3v) is 4.83. The maximum absolute atomic E-state index is 6.20. The van der Waals surface area contributed by atoms with Crippen molar-refractivity contribution in [3.8, 4) is 5.75 Å². The maximum Gasteiger partial charge on any atom is 0.123 e. The summed E-state index contributed by atoms with van der Waals surface area (Å²) >= 11 is 0. The SMILES string of the molecule is C=NC1=C(C(N)=NC)C(C)(C)Cc2c1ccc(OC)c2CCCOC. The molecule has 0 saturated carbocycles. The zero-order valence-corrected chi connectivity index (χ0v) is 16.0. The molecule has 0 radical (unpaired) electrons. The summed E-state index contributed by atoms with van der Waals surface area (Å²) < 4.78 is 10.8. The Morgan fingerprint density at radius 2 is 2.04 bits per heavy atom. The Hall–Kier alpha value is -2.14. The Balaban J connectivity index is 2.69. The van der Waals surface area contributed by atoms with E-state index in [1.807, 2.05) is 6.07 Å². The van der Waals surface area contributed by atoms with Gasteiger partial charge < -0.3 is 15.2 Å². The van der Waals surface area contributed by atoms with Gasteiger partial charge in [-0.1, -0.05) is 13.8 Å². The molecule has 0 heterocycles. The highest BCUT2D eigenvalue weighted by Crippen LogP contribution is 2.46. The predicted molar refractivity (Wildman–Crippen MR) is 105 cm³/mol. The predicted octanol–water partition coefficient (Wildman–Crippen LogP) is 3.26. The van der Waals surface area contributed by atoms with Crippen molar-refractivity contribution < 1.29 is 9.47 Å². The standard InChI is InChI=1S/C20H29N3O2/c1-20(2)12-15-13(8-7-11-24-5)16(25-6)10-9-14(15)18(22-3)17(20)19(21)23-4/h9-10H,3,7-8,11-12H2,1-2,4-6H3,(H2,21,23). The van der Waals surface area contributed by atoms with E-state index in [1.54, 1.807) is 21.3 Å². The van der Waals surface area contributed by atoms with Crippen LogP contribution in [0.2, 0.25) is 0 Å². The number of ether oxygens (including phenoxy) is 2. The molecule has 136 valence electrons. The van der Waals surface area contributed by atoms with Gasteiger partial charge in [-0.3, -0.25) is 9.98 Å². The molecule has 0 fully saturated rings. The Labute approximate surface area is 150 Å². The van der Waals surface area contributed by atoms with E-state index in [0.717, 1.165) is 48.5 Å². The van der Waals surface area contributed by atoms with Gasteiger partial charge in [0.15, 0.2) is 0 Å². The Kier molecular flexibility index (Phi) is 6.01. The summed E-state index contributed by atoms with van der Waals surface area (Å²) in [4.78, 5) is 8.53. The van der Waals surface area contributed by atoms with Gasteiger partial charge in [0.2, 0.25) is 0 Å². The minimum absolute atomic E-state index is 0.185. The first-order valence-electron chi connectivity index (χ1n) is 8.53. The summed E-state index contributed by atoms with van der Waals surface area (Å²) in [6.07, 6.45) is 2.69. The highest BCUT2D eigenvalue weighted by atomic mass is 16.5. The first-order valence-corrected chi connectivity index (χ1v) is 8.53. The molecule has 1 aliphatic carbocycles. The first kappa shape index (κ1) is 19.2. The molecule has 0 saturated heterocycles. The summed E-state index contributed by atoms with van der Waals surface area (Å²) in [6, 6.07) is 4.05. The fraction of sp³-hybridized carbons (Fsp3) is 0.500. The van der Waals surface area contributed by atoms with Crippen LogP contribution in [0.3, 0.4) is 0 Å². The second kappa shape index (κ2) is 7.83. The van der Waals surface area contributed by atoms with Crippen molar-refractivity contribution in [1.82, 2.24) is 0 Å². The zero-order chi connectivity index (χ0) is 18.6. The van der Waals surface area contributed by atoms with Crippen molar-refractivity contribution in [3.63, 3.8) is 0 Å². The molecule has 1 aliphatic rings. The van der Waals surface area contributed by atoms with Crippen LogP contribution in [0.1, 0.15) is 37.0 Å². The molecular weight excluding hydrogens is 314 g/mol. The second-order valence-corrected chi connectivity index (χ2v) is 6.92. The van der Waals surface area contributed by atoms with Gasteiger partial charge in [-0.15, -0.1) is 0 Å². The molecule has 0 bridgehead atoms. The molecule has 1 aromatic rings. The molecule has 0 aliphatic heterocycles. The molecule has 0 amide bonds. The molecule has 5 nitrogen and oxygen atoms in total. The molecule has 0 atom stereocenters. The summed E-state index contributed by atoms with van der Waals surface area (Å²) in [5, 5.41) is 0. The van der Waals surface area contributed by atoms with Crippen molar-refractivity contribution in [2.45, 2.75) is 33.1 Å². The van der Waals surface area contributed by atoms with E-state index in [2.05, 4.69) is 36.6 Å². The third-order valence-electron chi connectivity index (χ3n) is 4.83. The van der Waals surface area contributed by atoms with E-state index in [1.165, 1.54) is 11.1 Å². The van der Waals surface area contributed by atoms with Gasteiger partial charge in [0, 0.05) is 31.9 Å². The van der Waals surface area contributed by atoms with Crippen molar-refractivity contribution >= 4 is 18.3 Å². The highest BCUT2D eigenvalue weighted by molar-refractivity contribution is 6.06. The van der Waals surface area contributed by atoms with Crippen LogP contribution < -0.4 is 10.5 Å². The molecule has 0 unspecified atom stereocenters. The van der Waals surface area contributed by atoms with Gasteiger partial charge in [-0.2, -0.15) is 0 Å². The van der Waals surface area contributed by atoms with Crippen LogP contribution in [0.5, 0.6) is 5.75 Å². The second-order valence-electron chi connectivity index (χ2n) is 6.92. The number of aliphatic imine (C=N–C) groups is 2. The number of hydrogen-bond donors (Lipinski definition) is 1. The minimum atomic E-state index is -0.185. The van der Waals surface area contributed by atoms with Crippen LogP contribution in [0, 0.1) is 5.41 Å². The molecule has 2 N–H and O–H groups in total. The number of hydrogen-bond acceptors (Lipinski definition) is 4. The maximum atomic E-state index is 6.20. The van der Waals surface area contributed by atoms with E-state index >= 15 is 0 Å². The van der Waals surface area contributed by atoms with Gasteiger partial charge in [0.1, 0.15) is 11.6 Å². The van der Waals surface area contributed by atoms with E-state index < -0.39 is 0 Å². The van der Waals surface area contributed by atoms with Crippen molar-refractivity contribution in [1.29, 1.82) is 0 Å².